The van der Waals surface area contributed by atoms with Gasteiger partial charge in [-0.2, -0.15) is 13.1 Å². The second kappa shape index (κ2) is 6.17. The van der Waals surface area contributed by atoms with Crippen LogP contribution in [0.4, 0.5) is 0 Å². The molecule has 0 aromatic rings. The Bertz CT molecular complexity index is 324. The molecule has 0 amide bonds. The molecule has 0 aromatic heterocycles. The maximum atomic E-state index is 11.3. The van der Waals surface area contributed by atoms with E-state index in [0.29, 0.717) is 13.0 Å². The Kier molecular flexibility index (Phi) is 5.17. The predicted octanol–water partition coefficient (Wildman–Crippen LogP) is -0.0839. The maximum Gasteiger partial charge on any atom is 0.305 e. The van der Waals surface area contributed by atoms with Crippen molar-refractivity contribution in [2.24, 2.45) is 0 Å². The van der Waals surface area contributed by atoms with E-state index in [1.807, 2.05) is 0 Å². The first-order valence-corrected chi connectivity index (χ1v) is 6.94. The van der Waals surface area contributed by atoms with E-state index in [9.17, 15) is 13.2 Å². The lowest BCUT2D eigenvalue weighted by Gasteiger charge is -2.06. The van der Waals surface area contributed by atoms with Crippen molar-refractivity contribution in [2.75, 3.05) is 13.2 Å². The molecule has 1 aliphatic rings. The van der Waals surface area contributed by atoms with Gasteiger partial charge in [-0.3, -0.25) is 4.79 Å². The van der Waals surface area contributed by atoms with E-state index in [1.165, 1.54) is 0 Å². The maximum absolute atomic E-state index is 11.3. The van der Waals surface area contributed by atoms with Crippen LogP contribution in [0.1, 0.15) is 32.6 Å². The zero-order valence-electron chi connectivity index (χ0n) is 9.36. The third-order valence-electron chi connectivity index (χ3n) is 2.05. The van der Waals surface area contributed by atoms with E-state index < -0.39 is 10.2 Å². The van der Waals surface area contributed by atoms with Gasteiger partial charge >= 0.3 is 5.97 Å². The van der Waals surface area contributed by atoms with Crippen LogP contribution < -0.4 is 9.44 Å². The molecule has 1 aliphatic carbocycles. The Morgan fingerprint density at radius 2 is 2.12 bits per heavy atom. The topological polar surface area (TPSA) is 84.5 Å². The summed E-state index contributed by atoms with van der Waals surface area (Å²) in [6.07, 6.45) is 2.50. The molecule has 7 heteroatoms. The highest BCUT2D eigenvalue weighted by atomic mass is 32.2. The number of nitrogens with one attached hydrogen (secondary N) is 2. The van der Waals surface area contributed by atoms with Gasteiger partial charge in [-0.1, -0.05) is 0 Å². The first-order chi connectivity index (χ1) is 7.53. The molecule has 2 N–H and O–H groups in total. The van der Waals surface area contributed by atoms with Crippen LogP contribution in [-0.2, 0) is 19.7 Å². The Hall–Kier alpha value is -0.660. The number of esters is 1. The highest BCUT2D eigenvalue weighted by Gasteiger charge is 2.26. The van der Waals surface area contributed by atoms with E-state index >= 15 is 0 Å². The zero-order valence-corrected chi connectivity index (χ0v) is 10.2. The summed E-state index contributed by atoms with van der Waals surface area (Å²) in [5.74, 6) is -0.295. The Labute approximate surface area is 95.9 Å². The zero-order chi connectivity index (χ0) is 12.0. The van der Waals surface area contributed by atoms with Crippen molar-refractivity contribution < 1.29 is 17.9 Å². The lowest BCUT2D eigenvalue weighted by Crippen LogP contribution is -2.38. The van der Waals surface area contributed by atoms with Crippen LogP contribution in [0.15, 0.2) is 0 Å². The standard InChI is InChI=1S/C9H18N2O4S/c1-2-15-9(12)4-3-7-10-16(13,14)11-8-5-6-8/h8,10-11H,2-7H2,1H3. The minimum atomic E-state index is -3.38. The SMILES string of the molecule is CCOC(=O)CCCNS(=O)(=O)NC1CC1. The average molecular weight is 250 g/mol. The Balaban J connectivity index is 2.07. The quantitative estimate of drug-likeness (QED) is 0.466. The van der Waals surface area contributed by atoms with Crippen LogP contribution in [0, 0.1) is 0 Å². The van der Waals surface area contributed by atoms with E-state index in [1.54, 1.807) is 6.92 Å². The van der Waals surface area contributed by atoms with Crippen molar-refractivity contribution in [1.82, 2.24) is 9.44 Å². The van der Waals surface area contributed by atoms with Gasteiger partial charge in [-0.25, -0.2) is 4.72 Å². The van der Waals surface area contributed by atoms with Crippen molar-refractivity contribution in [2.45, 2.75) is 38.6 Å². The molecule has 94 valence electrons. The first-order valence-electron chi connectivity index (χ1n) is 5.46. The van der Waals surface area contributed by atoms with Gasteiger partial charge in [0.15, 0.2) is 0 Å². The summed E-state index contributed by atoms with van der Waals surface area (Å²) in [6, 6.07) is 0.0996. The molecule has 0 unspecified atom stereocenters. The largest absolute Gasteiger partial charge is 0.466 e. The predicted molar refractivity (Wildman–Crippen MR) is 58.9 cm³/mol. The van der Waals surface area contributed by atoms with Crippen molar-refractivity contribution in [3.8, 4) is 0 Å². The molecular weight excluding hydrogens is 232 g/mol. The molecule has 0 aliphatic heterocycles. The minimum Gasteiger partial charge on any atom is -0.466 e. The Morgan fingerprint density at radius 3 is 2.69 bits per heavy atom. The van der Waals surface area contributed by atoms with Crippen LogP contribution in [-0.4, -0.2) is 33.6 Å². The smallest absolute Gasteiger partial charge is 0.305 e. The molecule has 0 bridgehead atoms. The minimum absolute atomic E-state index is 0.0996. The molecule has 1 fully saturated rings. The number of ether oxygens (including phenoxy) is 1. The van der Waals surface area contributed by atoms with Gasteiger partial charge in [0.1, 0.15) is 0 Å². The van der Waals surface area contributed by atoms with E-state index in [0.717, 1.165) is 12.8 Å². The van der Waals surface area contributed by atoms with Gasteiger partial charge in [0.05, 0.1) is 6.61 Å². The third kappa shape index (κ3) is 6.04. The second-order valence-electron chi connectivity index (χ2n) is 3.70. The summed E-state index contributed by atoms with van der Waals surface area (Å²) in [5.41, 5.74) is 0. The summed E-state index contributed by atoms with van der Waals surface area (Å²) < 4.78 is 32.2. The number of carbonyl (C=O) groups excluding carboxylic acids is 1. The van der Waals surface area contributed by atoms with Gasteiger partial charge in [0, 0.05) is 19.0 Å². The summed E-state index contributed by atoms with van der Waals surface area (Å²) in [6.45, 7) is 2.34. The molecule has 0 radical (unpaired) electrons. The number of hydrogen-bond donors (Lipinski definition) is 2. The molecule has 0 heterocycles. The van der Waals surface area contributed by atoms with Crippen LogP contribution in [0.3, 0.4) is 0 Å². The summed E-state index contributed by atoms with van der Waals surface area (Å²) in [4.78, 5) is 10.9. The van der Waals surface area contributed by atoms with Crippen molar-refractivity contribution >= 4 is 16.2 Å². The first kappa shape index (κ1) is 13.4. The summed E-state index contributed by atoms with van der Waals surface area (Å²) in [7, 11) is -3.38. The van der Waals surface area contributed by atoms with Gasteiger partial charge in [-0.15, -0.1) is 0 Å². The molecule has 1 saturated carbocycles. The van der Waals surface area contributed by atoms with Gasteiger partial charge < -0.3 is 4.74 Å². The van der Waals surface area contributed by atoms with Crippen LogP contribution in [0.2, 0.25) is 0 Å². The molecule has 0 atom stereocenters. The molecule has 0 aromatic carbocycles. The number of carbonyl (C=O) groups is 1. The fourth-order valence-electron chi connectivity index (χ4n) is 1.13. The van der Waals surface area contributed by atoms with Crippen LogP contribution >= 0.6 is 0 Å². The molecule has 16 heavy (non-hydrogen) atoms. The summed E-state index contributed by atoms with van der Waals surface area (Å²) >= 11 is 0. The van der Waals surface area contributed by atoms with Crippen molar-refractivity contribution in [3.63, 3.8) is 0 Å². The summed E-state index contributed by atoms with van der Waals surface area (Å²) in [5, 5.41) is 0. The number of hydrogen-bond acceptors (Lipinski definition) is 4. The fraction of sp³-hybridized carbons (Fsp3) is 0.889. The van der Waals surface area contributed by atoms with Crippen molar-refractivity contribution in [3.05, 3.63) is 0 Å². The monoisotopic (exact) mass is 250 g/mol. The normalized spacial score (nSPS) is 16.1. The lowest BCUT2D eigenvalue weighted by atomic mass is 10.3. The molecular formula is C9H18N2O4S. The third-order valence-corrected chi connectivity index (χ3v) is 3.28. The molecule has 6 nitrogen and oxygen atoms in total. The number of rotatable bonds is 8. The lowest BCUT2D eigenvalue weighted by molar-refractivity contribution is -0.143. The average Bonchev–Trinajstić information content (AvgIpc) is 2.96. The highest BCUT2D eigenvalue weighted by Crippen LogP contribution is 2.19. The van der Waals surface area contributed by atoms with Crippen LogP contribution in [0.25, 0.3) is 0 Å². The van der Waals surface area contributed by atoms with Gasteiger partial charge in [0.25, 0.3) is 10.2 Å². The highest BCUT2D eigenvalue weighted by molar-refractivity contribution is 7.87. The second-order valence-corrected chi connectivity index (χ2v) is 5.23. The van der Waals surface area contributed by atoms with E-state index in [2.05, 4.69) is 9.44 Å². The van der Waals surface area contributed by atoms with Crippen molar-refractivity contribution in [1.29, 1.82) is 0 Å². The Morgan fingerprint density at radius 1 is 1.44 bits per heavy atom. The van der Waals surface area contributed by atoms with Crippen LogP contribution in [0.5, 0.6) is 0 Å². The van der Waals surface area contributed by atoms with Gasteiger partial charge in [-0.05, 0) is 26.2 Å². The molecule has 1 rings (SSSR count). The van der Waals surface area contributed by atoms with Gasteiger partial charge in [0.2, 0.25) is 0 Å². The molecule has 0 saturated heterocycles. The fourth-order valence-corrected chi connectivity index (χ4v) is 2.31. The van der Waals surface area contributed by atoms with E-state index in [4.69, 9.17) is 4.74 Å². The molecule has 0 spiro atoms. The van der Waals surface area contributed by atoms with E-state index in [-0.39, 0.29) is 25.0 Å².